The van der Waals surface area contributed by atoms with Crippen molar-refractivity contribution in [3.8, 4) is 0 Å². The predicted molar refractivity (Wildman–Crippen MR) is 122 cm³/mol. The van der Waals surface area contributed by atoms with Crippen molar-refractivity contribution in [1.82, 2.24) is 14.7 Å². The maximum absolute atomic E-state index is 12.6. The van der Waals surface area contributed by atoms with Gasteiger partial charge < -0.3 is 19.9 Å². The summed E-state index contributed by atoms with van der Waals surface area (Å²) < 4.78 is 6.84. The molecule has 9 heteroatoms. The molecule has 0 aliphatic carbocycles. The van der Waals surface area contributed by atoms with Crippen molar-refractivity contribution in [3.63, 3.8) is 0 Å². The molecule has 3 aromatic rings. The summed E-state index contributed by atoms with van der Waals surface area (Å²) in [6, 6.07) is 14.6. The van der Waals surface area contributed by atoms with Gasteiger partial charge in [-0.3, -0.25) is 19.1 Å². The van der Waals surface area contributed by atoms with E-state index in [4.69, 9.17) is 4.74 Å². The molecule has 0 saturated carbocycles. The van der Waals surface area contributed by atoms with Crippen molar-refractivity contribution in [2.45, 2.75) is 6.54 Å². The van der Waals surface area contributed by atoms with E-state index in [2.05, 4.69) is 15.3 Å². The van der Waals surface area contributed by atoms with Gasteiger partial charge in [-0.1, -0.05) is 12.1 Å². The Morgan fingerprint density at radius 3 is 2.56 bits per heavy atom. The summed E-state index contributed by atoms with van der Waals surface area (Å²) in [6.45, 7) is 2.95. The van der Waals surface area contributed by atoms with Crippen molar-refractivity contribution < 1.29 is 14.3 Å². The quantitative estimate of drug-likeness (QED) is 0.628. The summed E-state index contributed by atoms with van der Waals surface area (Å²) in [5.74, 6) is -0.582. The highest BCUT2D eigenvalue weighted by molar-refractivity contribution is 5.94. The topological polar surface area (TPSA) is 96.8 Å². The van der Waals surface area contributed by atoms with Gasteiger partial charge in [-0.2, -0.15) is 5.10 Å². The van der Waals surface area contributed by atoms with Gasteiger partial charge in [0.15, 0.2) is 0 Å². The number of rotatable bonds is 6. The van der Waals surface area contributed by atoms with Gasteiger partial charge in [0, 0.05) is 36.9 Å². The molecule has 1 fully saturated rings. The lowest BCUT2D eigenvalue weighted by molar-refractivity contribution is -0.133. The Morgan fingerprint density at radius 2 is 1.81 bits per heavy atom. The van der Waals surface area contributed by atoms with Crippen LogP contribution in [-0.4, -0.2) is 66.4 Å². The zero-order chi connectivity index (χ0) is 22.5. The zero-order valence-electron chi connectivity index (χ0n) is 17.9. The molecule has 32 heavy (non-hydrogen) atoms. The van der Waals surface area contributed by atoms with E-state index in [0.717, 1.165) is 18.8 Å². The molecule has 9 nitrogen and oxygen atoms in total. The smallest absolute Gasteiger partial charge is 0.244 e. The third-order valence-electron chi connectivity index (χ3n) is 5.38. The Labute approximate surface area is 185 Å². The molecule has 1 N–H and O–H groups in total. The van der Waals surface area contributed by atoms with Crippen LogP contribution in [0.5, 0.6) is 0 Å². The molecular weight excluding hydrogens is 410 g/mol. The molecule has 1 aliphatic heterocycles. The van der Waals surface area contributed by atoms with E-state index in [1.54, 1.807) is 31.3 Å². The normalized spacial score (nSPS) is 13.7. The first kappa shape index (κ1) is 21.5. The van der Waals surface area contributed by atoms with Crippen LogP contribution >= 0.6 is 0 Å². The molecule has 1 aromatic heterocycles. The van der Waals surface area contributed by atoms with E-state index < -0.39 is 0 Å². The van der Waals surface area contributed by atoms with E-state index in [1.807, 2.05) is 24.3 Å². The molecule has 4 rings (SSSR count). The van der Waals surface area contributed by atoms with Crippen LogP contribution in [0.3, 0.4) is 0 Å². The number of anilines is 2. The minimum absolute atomic E-state index is 0.0706. The number of carbonyl (C=O) groups excluding carboxylic acids is 2. The minimum Gasteiger partial charge on any atom is -0.378 e. The van der Waals surface area contributed by atoms with Crippen LogP contribution < -0.4 is 15.6 Å². The van der Waals surface area contributed by atoms with Gasteiger partial charge in [-0.15, -0.1) is 0 Å². The molecule has 166 valence electrons. The SMILES string of the molecule is CN(CC(=O)Nc1ccc(N2CCOCC2)cc1)C(=O)Cn1ncc(=O)c2ccccc21. The van der Waals surface area contributed by atoms with Crippen LogP contribution in [0.2, 0.25) is 0 Å². The van der Waals surface area contributed by atoms with Crippen molar-refractivity contribution >= 4 is 34.1 Å². The Morgan fingerprint density at radius 1 is 1.09 bits per heavy atom. The molecule has 0 bridgehead atoms. The lowest BCUT2D eigenvalue weighted by Crippen LogP contribution is -2.37. The summed E-state index contributed by atoms with van der Waals surface area (Å²) in [7, 11) is 1.56. The summed E-state index contributed by atoms with van der Waals surface area (Å²) in [5.41, 5.74) is 2.13. The molecular formula is C23H25N5O4. The molecule has 1 saturated heterocycles. The molecule has 2 aromatic carbocycles. The number of nitrogens with zero attached hydrogens (tertiary/aromatic N) is 4. The third kappa shape index (κ3) is 4.94. The number of morpholine rings is 1. The number of amides is 2. The van der Waals surface area contributed by atoms with Crippen LogP contribution in [0.1, 0.15) is 0 Å². The van der Waals surface area contributed by atoms with Gasteiger partial charge in [0.05, 0.1) is 31.5 Å². The number of fused-ring (bicyclic) bond motifs is 1. The van der Waals surface area contributed by atoms with Gasteiger partial charge in [0.25, 0.3) is 0 Å². The largest absolute Gasteiger partial charge is 0.378 e. The van der Waals surface area contributed by atoms with E-state index in [9.17, 15) is 14.4 Å². The summed E-state index contributed by atoms with van der Waals surface area (Å²) in [5, 5.41) is 7.38. The number of benzene rings is 2. The fourth-order valence-corrected chi connectivity index (χ4v) is 3.62. The fourth-order valence-electron chi connectivity index (χ4n) is 3.62. The van der Waals surface area contributed by atoms with E-state index in [0.29, 0.717) is 29.8 Å². The Kier molecular flexibility index (Phi) is 6.46. The lowest BCUT2D eigenvalue weighted by atomic mass is 10.2. The summed E-state index contributed by atoms with van der Waals surface area (Å²) in [4.78, 5) is 40.6. The van der Waals surface area contributed by atoms with E-state index in [-0.39, 0.29) is 30.3 Å². The standard InChI is InChI=1S/C23H25N5O4/c1-26(23(31)16-28-20-5-3-2-4-19(20)21(29)14-24-28)15-22(30)25-17-6-8-18(9-7-17)27-10-12-32-13-11-27/h2-9,14H,10-13,15-16H2,1H3,(H,25,30). The number of hydrogen-bond acceptors (Lipinski definition) is 6. The second-order valence-electron chi connectivity index (χ2n) is 7.63. The van der Waals surface area contributed by atoms with Gasteiger partial charge in [0.2, 0.25) is 17.2 Å². The number of carbonyl (C=O) groups is 2. The van der Waals surface area contributed by atoms with Crippen LogP contribution in [0.15, 0.2) is 59.5 Å². The lowest BCUT2D eigenvalue weighted by Gasteiger charge is -2.28. The first-order chi connectivity index (χ1) is 15.5. The van der Waals surface area contributed by atoms with Gasteiger partial charge in [0.1, 0.15) is 6.54 Å². The minimum atomic E-state index is -0.294. The Balaban J connectivity index is 1.34. The monoisotopic (exact) mass is 435 g/mol. The Hall–Kier alpha value is -3.72. The number of ether oxygens (including phenoxy) is 1. The second kappa shape index (κ2) is 9.61. The zero-order valence-corrected chi connectivity index (χ0v) is 17.9. The highest BCUT2D eigenvalue weighted by Gasteiger charge is 2.16. The second-order valence-corrected chi connectivity index (χ2v) is 7.63. The molecule has 2 heterocycles. The van der Waals surface area contributed by atoms with E-state index >= 15 is 0 Å². The highest BCUT2D eigenvalue weighted by atomic mass is 16.5. The van der Waals surface area contributed by atoms with Gasteiger partial charge in [-0.05, 0) is 36.4 Å². The van der Waals surface area contributed by atoms with Crippen molar-refractivity contribution in [2.24, 2.45) is 0 Å². The number of likely N-dealkylation sites (N-methyl/N-ethyl adjacent to an activating group) is 1. The summed E-state index contributed by atoms with van der Waals surface area (Å²) in [6.07, 6.45) is 1.20. The number of nitrogens with one attached hydrogen (secondary N) is 1. The molecule has 0 spiro atoms. The first-order valence-corrected chi connectivity index (χ1v) is 10.4. The average Bonchev–Trinajstić information content (AvgIpc) is 2.82. The maximum Gasteiger partial charge on any atom is 0.244 e. The number of para-hydroxylation sites is 1. The Bertz CT molecular complexity index is 1170. The van der Waals surface area contributed by atoms with Gasteiger partial charge in [-0.25, -0.2) is 0 Å². The molecule has 0 radical (unpaired) electrons. The van der Waals surface area contributed by atoms with Crippen molar-refractivity contribution in [1.29, 1.82) is 0 Å². The van der Waals surface area contributed by atoms with Crippen LogP contribution in [0.4, 0.5) is 11.4 Å². The molecule has 0 unspecified atom stereocenters. The van der Waals surface area contributed by atoms with Crippen LogP contribution in [-0.2, 0) is 20.9 Å². The molecule has 2 amide bonds. The third-order valence-corrected chi connectivity index (χ3v) is 5.38. The van der Waals surface area contributed by atoms with Crippen LogP contribution in [0.25, 0.3) is 10.9 Å². The summed E-state index contributed by atoms with van der Waals surface area (Å²) >= 11 is 0. The number of hydrogen-bond donors (Lipinski definition) is 1. The highest BCUT2D eigenvalue weighted by Crippen LogP contribution is 2.19. The molecule has 1 aliphatic rings. The van der Waals surface area contributed by atoms with Crippen molar-refractivity contribution in [2.75, 3.05) is 50.1 Å². The number of aromatic nitrogens is 2. The van der Waals surface area contributed by atoms with Gasteiger partial charge >= 0.3 is 0 Å². The molecule has 0 atom stereocenters. The van der Waals surface area contributed by atoms with E-state index in [1.165, 1.54) is 15.8 Å². The maximum atomic E-state index is 12.6. The van der Waals surface area contributed by atoms with Crippen molar-refractivity contribution in [3.05, 3.63) is 65.0 Å². The predicted octanol–water partition coefficient (Wildman–Crippen LogP) is 1.33. The first-order valence-electron chi connectivity index (χ1n) is 10.4. The van der Waals surface area contributed by atoms with Crippen LogP contribution in [0, 0.1) is 0 Å². The average molecular weight is 435 g/mol. The fraction of sp³-hybridized carbons (Fsp3) is 0.304.